The highest BCUT2D eigenvalue weighted by Gasteiger charge is 2.47. The van der Waals surface area contributed by atoms with Gasteiger partial charge in [0.1, 0.15) is 6.04 Å². The van der Waals surface area contributed by atoms with E-state index in [-0.39, 0.29) is 17.9 Å². The molecular formula is C27H31N5O2. The van der Waals surface area contributed by atoms with Crippen LogP contribution in [0.15, 0.2) is 54.7 Å². The van der Waals surface area contributed by atoms with Gasteiger partial charge in [-0.25, -0.2) is 9.67 Å². The maximum absolute atomic E-state index is 13.4. The number of pyridine rings is 1. The van der Waals surface area contributed by atoms with Crippen LogP contribution in [-0.4, -0.2) is 43.6 Å². The SMILES string of the molecule is Cc1cc(C)n(-c2ccc(CNC(=O)C3CC4CCCCC4N3C(=O)c3ccccc3)cn2)n1. The summed E-state index contributed by atoms with van der Waals surface area (Å²) in [6.07, 6.45) is 6.87. The number of aryl methyl sites for hydroxylation is 2. The Labute approximate surface area is 200 Å². The minimum Gasteiger partial charge on any atom is -0.350 e. The summed E-state index contributed by atoms with van der Waals surface area (Å²) in [7, 11) is 0. The molecule has 1 saturated carbocycles. The number of hydrogen-bond acceptors (Lipinski definition) is 4. The number of rotatable bonds is 5. The van der Waals surface area contributed by atoms with Crippen LogP contribution in [0.3, 0.4) is 0 Å². The van der Waals surface area contributed by atoms with Crippen molar-refractivity contribution in [2.45, 2.75) is 64.6 Å². The van der Waals surface area contributed by atoms with Gasteiger partial charge in [-0.05, 0) is 68.9 Å². The highest BCUT2D eigenvalue weighted by atomic mass is 16.2. The first kappa shape index (κ1) is 22.3. The van der Waals surface area contributed by atoms with Crippen LogP contribution in [0.2, 0.25) is 0 Å². The van der Waals surface area contributed by atoms with E-state index in [1.165, 1.54) is 6.42 Å². The summed E-state index contributed by atoms with van der Waals surface area (Å²) in [5, 5.41) is 7.54. The van der Waals surface area contributed by atoms with Gasteiger partial charge in [0, 0.05) is 30.0 Å². The minimum absolute atomic E-state index is 0.0361. The van der Waals surface area contributed by atoms with E-state index < -0.39 is 6.04 Å². The second-order valence-electron chi connectivity index (χ2n) is 9.52. The molecule has 1 aromatic carbocycles. The molecule has 1 aliphatic carbocycles. The lowest BCUT2D eigenvalue weighted by atomic mass is 9.84. The molecule has 0 radical (unpaired) electrons. The number of hydrogen-bond donors (Lipinski definition) is 1. The Morgan fingerprint density at radius 3 is 2.56 bits per heavy atom. The standard InChI is InChI=1S/C27H31N5O2/c1-18-14-19(2)32(30-18)25-13-12-20(16-28-25)17-29-26(33)24-15-22-10-6-7-11-23(22)31(24)27(34)21-8-4-3-5-9-21/h3-5,8-9,12-14,16,22-24H,6-7,10-11,15,17H2,1-2H3,(H,29,33). The van der Waals surface area contributed by atoms with Crippen LogP contribution in [0, 0.1) is 19.8 Å². The van der Waals surface area contributed by atoms with Crippen LogP contribution < -0.4 is 5.32 Å². The van der Waals surface area contributed by atoms with Gasteiger partial charge in [-0.1, -0.05) is 37.1 Å². The third-order valence-corrected chi connectivity index (χ3v) is 7.15. The van der Waals surface area contributed by atoms with Crippen molar-refractivity contribution in [3.8, 4) is 5.82 Å². The quantitative estimate of drug-likeness (QED) is 0.629. The Hall–Kier alpha value is -3.48. The lowest BCUT2D eigenvalue weighted by molar-refractivity contribution is -0.125. The van der Waals surface area contributed by atoms with E-state index in [0.717, 1.165) is 48.5 Å². The fourth-order valence-electron chi connectivity index (χ4n) is 5.53. The van der Waals surface area contributed by atoms with Crippen LogP contribution in [0.1, 0.15) is 59.4 Å². The number of aromatic nitrogens is 3. The van der Waals surface area contributed by atoms with E-state index >= 15 is 0 Å². The van der Waals surface area contributed by atoms with Gasteiger partial charge in [0.05, 0.1) is 5.69 Å². The van der Waals surface area contributed by atoms with Crippen LogP contribution >= 0.6 is 0 Å². The van der Waals surface area contributed by atoms with Gasteiger partial charge < -0.3 is 10.2 Å². The predicted octanol–water partition coefficient (Wildman–Crippen LogP) is 3.97. The second kappa shape index (κ2) is 9.41. The number of nitrogens with zero attached hydrogens (tertiary/aromatic N) is 4. The Morgan fingerprint density at radius 1 is 1.06 bits per heavy atom. The van der Waals surface area contributed by atoms with Crippen molar-refractivity contribution in [1.82, 2.24) is 25.0 Å². The first-order valence-electron chi connectivity index (χ1n) is 12.2. The summed E-state index contributed by atoms with van der Waals surface area (Å²) in [6, 6.07) is 14.9. The number of benzene rings is 1. The van der Waals surface area contributed by atoms with Crippen molar-refractivity contribution in [3.63, 3.8) is 0 Å². The number of carbonyl (C=O) groups is 2. The van der Waals surface area contributed by atoms with Gasteiger partial charge in [0.25, 0.3) is 5.91 Å². The number of carbonyl (C=O) groups excluding carboxylic acids is 2. The monoisotopic (exact) mass is 457 g/mol. The highest BCUT2D eigenvalue weighted by molar-refractivity contribution is 5.98. The topological polar surface area (TPSA) is 80.1 Å². The molecule has 176 valence electrons. The van der Waals surface area contributed by atoms with E-state index in [1.807, 2.05) is 72.0 Å². The summed E-state index contributed by atoms with van der Waals surface area (Å²) in [6.45, 7) is 4.33. The van der Waals surface area contributed by atoms with E-state index in [4.69, 9.17) is 0 Å². The average Bonchev–Trinajstić information content (AvgIpc) is 3.42. The van der Waals surface area contributed by atoms with Crippen molar-refractivity contribution < 1.29 is 9.59 Å². The van der Waals surface area contributed by atoms with E-state index in [0.29, 0.717) is 18.0 Å². The molecule has 1 aliphatic heterocycles. The number of amides is 2. The predicted molar refractivity (Wildman–Crippen MR) is 129 cm³/mol. The molecule has 7 heteroatoms. The summed E-state index contributed by atoms with van der Waals surface area (Å²) < 4.78 is 1.81. The number of likely N-dealkylation sites (tertiary alicyclic amines) is 1. The Morgan fingerprint density at radius 2 is 1.85 bits per heavy atom. The van der Waals surface area contributed by atoms with Crippen molar-refractivity contribution in [2.24, 2.45) is 5.92 Å². The Bertz CT molecular complexity index is 1170. The van der Waals surface area contributed by atoms with Gasteiger partial charge in [-0.15, -0.1) is 0 Å². The average molecular weight is 458 g/mol. The molecule has 0 bridgehead atoms. The fourth-order valence-corrected chi connectivity index (χ4v) is 5.53. The normalized spacial score (nSPS) is 21.8. The van der Waals surface area contributed by atoms with E-state index in [9.17, 15) is 9.59 Å². The van der Waals surface area contributed by atoms with Gasteiger partial charge in [-0.2, -0.15) is 5.10 Å². The van der Waals surface area contributed by atoms with E-state index in [2.05, 4.69) is 15.4 Å². The zero-order valence-electron chi connectivity index (χ0n) is 19.8. The van der Waals surface area contributed by atoms with Crippen molar-refractivity contribution in [1.29, 1.82) is 0 Å². The van der Waals surface area contributed by atoms with Crippen LogP contribution in [-0.2, 0) is 11.3 Å². The van der Waals surface area contributed by atoms with Crippen molar-refractivity contribution >= 4 is 11.8 Å². The van der Waals surface area contributed by atoms with Crippen molar-refractivity contribution in [2.75, 3.05) is 0 Å². The molecule has 34 heavy (non-hydrogen) atoms. The summed E-state index contributed by atoms with van der Waals surface area (Å²) in [5.74, 6) is 1.03. The highest BCUT2D eigenvalue weighted by Crippen LogP contribution is 2.40. The van der Waals surface area contributed by atoms with Crippen LogP contribution in [0.25, 0.3) is 5.82 Å². The molecule has 3 atom stereocenters. The van der Waals surface area contributed by atoms with Gasteiger partial charge in [0.15, 0.2) is 5.82 Å². The Kier molecular flexibility index (Phi) is 6.18. The van der Waals surface area contributed by atoms with Crippen LogP contribution in [0.4, 0.5) is 0 Å². The smallest absolute Gasteiger partial charge is 0.254 e. The molecule has 7 nitrogen and oxygen atoms in total. The summed E-state index contributed by atoms with van der Waals surface area (Å²) in [4.78, 5) is 33.1. The second-order valence-corrected chi connectivity index (χ2v) is 9.52. The molecule has 2 aromatic heterocycles. The maximum atomic E-state index is 13.4. The molecule has 2 amide bonds. The van der Waals surface area contributed by atoms with E-state index in [1.54, 1.807) is 6.20 Å². The first-order chi connectivity index (χ1) is 16.5. The van der Waals surface area contributed by atoms with Gasteiger partial charge >= 0.3 is 0 Å². The third kappa shape index (κ3) is 4.34. The largest absolute Gasteiger partial charge is 0.350 e. The molecule has 0 spiro atoms. The lowest BCUT2D eigenvalue weighted by Gasteiger charge is -2.33. The molecule has 3 aromatic rings. The summed E-state index contributed by atoms with van der Waals surface area (Å²) in [5.41, 5.74) is 3.53. The Balaban J connectivity index is 1.29. The lowest BCUT2D eigenvalue weighted by Crippen LogP contribution is -2.49. The third-order valence-electron chi connectivity index (χ3n) is 7.15. The molecule has 2 aliphatic rings. The molecular weight excluding hydrogens is 426 g/mol. The molecule has 5 rings (SSSR count). The molecule has 3 unspecified atom stereocenters. The number of nitrogens with one attached hydrogen (secondary N) is 1. The van der Waals surface area contributed by atoms with Crippen molar-refractivity contribution in [3.05, 3.63) is 77.2 Å². The van der Waals surface area contributed by atoms with Gasteiger partial charge in [0.2, 0.25) is 5.91 Å². The van der Waals surface area contributed by atoms with Gasteiger partial charge in [-0.3, -0.25) is 9.59 Å². The minimum atomic E-state index is -0.428. The first-order valence-corrected chi connectivity index (χ1v) is 12.2. The van der Waals surface area contributed by atoms with Crippen LogP contribution in [0.5, 0.6) is 0 Å². The molecule has 1 N–H and O–H groups in total. The number of fused-ring (bicyclic) bond motifs is 1. The molecule has 1 saturated heterocycles. The maximum Gasteiger partial charge on any atom is 0.254 e. The fraction of sp³-hybridized carbons (Fsp3) is 0.407. The zero-order valence-corrected chi connectivity index (χ0v) is 19.8. The molecule has 2 fully saturated rings. The zero-order chi connectivity index (χ0) is 23.7. The summed E-state index contributed by atoms with van der Waals surface area (Å²) >= 11 is 0. The molecule has 3 heterocycles.